The van der Waals surface area contributed by atoms with E-state index in [1.807, 2.05) is 50.2 Å². The Bertz CT molecular complexity index is 588. The van der Waals surface area contributed by atoms with Crippen molar-refractivity contribution in [1.82, 2.24) is 0 Å². The molecular weight excluding hydrogens is 288 g/mol. The number of rotatable bonds is 6. The maximum Gasteiger partial charge on any atom is 0.161 e. The smallest absolute Gasteiger partial charge is 0.161 e. The number of ether oxygens (including phenoxy) is 3. The van der Waals surface area contributed by atoms with E-state index in [0.29, 0.717) is 19.0 Å². The molecule has 0 aliphatic rings. The van der Waals surface area contributed by atoms with Gasteiger partial charge in [-0.1, -0.05) is 23.7 Å². The molecular formula is C17H19ClO3. The van der Waals surface area contributed by atoms with Gasteiger partial charge in [0.15, 0.2) is 11.5 Å². The van der Waals surface area contributed by atoms with Gasteiger partial charge in [0.2, 0.25) is 0 Å². The average molecular weight is 307 g/mol. The van der Waals surface area contributed by atoms with Gasteiger partial charge in [-0.15, -0.1) is 0 Å². The Morgan fingerprint density at radius 3 is 2.10 bits per heavy atom. The third kappa shape index (κ3) is 4.05. The number of para-hydroxylation sites is 2. The third-order valence-corrected chi connectivity index (χ3v) is 3.30. The maximum atomic E-state index is 6.00. The summed E-state index contributed by atoms with van der Waals surface area (Å²) in [6.45, 7) is 4.87. The molecule has 0 aliphatic carbocycles. The van der Waals surface area contributed by atoms with Gasteiger partial charge in [-0.2, -0.15) is 0 Å². The summed E-state index contributed by atoms with van der Waals surface area (Å²) in [5.74, 6) is 2.30. The van der Waals surface area contributed by atoms with Crippen LogP contribution in [0.3, 0.4) is 0 Å². The fraction of sp³-hybridized carbons (Fsp3) is 0.294. The van der Waals surface area contributed by atoms with Gasteiger partial charge in [0, 0.05) is 5.02 Å². The summed E-state index contributed by atoms with van der Waals surface area (Å²) in [6, 6.07) is 11.3. The molecule has 2 rings (SSSR count). The zero-order valence-corrected chi connectivity index (χ0v) is 13.2. The molecule has 0 heterocycles. The summed E-state index contributed by atoms with van der Waals surface area (Å²) in [5, 5.41) is 0.725. The first-order chi connectivity index (χ1) is 10.1. The maximum absolute atomic E-state index is 6.00. The van der Waals surface area contributed by atoms with Crippen molar-refractivity contribution in [3.8, 4) is 17.2 Å². The van der Waals surface area contributed by atoms with Gasteiger partial charge < -0.3 is 14.2 Å². The summed E-state index contributed by atoms with van der Waals surface area (Å²) in [4.78, 5) is 0. The van der Waals surface area contributed by atoms with E-state index in [-0.39, 0.29) is 0 Å². The van der Waals surface area contributed by atoms with E-state index >= 15 is 0 Å². The lowest BCUT2D eigenvalue weighted by Gasteiger charge is -2.14. The largest absolute Gasteiger partial charge is 0.493 e. The Labute approximate surface area is 130 Å². The highest BCUT2D eigenvalue weighted by Gasteiger charge is 2.06. The summed E-state index contributed by atoms with van der Waals surface area (Å²) in [5.41, 5.74) is 2.05. The fourth-order valence-electron chi connectivity index (χ4n) is 2.16. The molecule has 112 valence electrons. The van der Waals surface area contributed by atoms with Crippen LogP contribution >= 0.6 is 11.6 Å². The molecule has 0 radical (unpaired) electrons. The van der Waals surface area contributed by atoms with E-state index < -0.39 is 0 Å². The summed E-state index contributed by atoms with van der Waals surface area (Å²) < 4.78 is 16.7. The van der Waals surface area contributed by atoms with E-state index in [0.717, 1.165) is 27.6 Å². The molecule has 2 aromatic carbocycles. The third-order valence-electron chi connectivity index (χ3n) is 3.08. The van der Waals surface area contributed by atoms with Crippen molar-refractivity contribution < 1.29 is 14.2 Å². The molecule has 0 N–H and O–H groups in total. The van der Waals surface area contributed by atoms with Crippen molar-refractivity contribution >= 4 is 11.6 Å². The van der Waals surface area contributed by atoms with Crippen molar-refractivity contribution in [2.45, 2.75) is 13.8 Å². The van der Waals surface area contributed by atoms with E-state index in [9.17, 15) is 0 Å². The summed E-state index contributed by atoms with van der Waals surface area (Å²) >= 11 is 6.00. The molecule has 0 amide bonds. The monoisotopic (exact) mass is 306 g/mol. The van der Waals surface area contributed by atoms with Crippen LogP contribution in [0, 0.1) is 13.8 Å². The standard InChI is InChI=1S/C17H19ClO3/c1-12-10-14(18)11-13(2)17(12)21-9-8-20-16-7-5-4-6-15(16)19-3/h4-7,10-11H,8-9H2,1-3H3. The second-order valence-electron chi connectivity index (χ2n) is 4.72. The molecule has 0 saturated heterocycles. The molecule has 0 fully saturated rings. The van der Waals surface area contributed by atoms with E-state index in [1.54, 1.807) is 7.11 Å². The number of halogens is 1. The van der Waals surface area contributed by atoms with E-state index in [2.05, 4.69) is 0 Å². The molecule has 3 nitrogen and oxygen atoms in total. The van der Waals surface area contributed by atoms with Crippen LogP contribution in [0.25, 0.3) is 0 Å². The topological polar surface area (TPSA) is 27.7 Å². The Balaban J connectivity index is 1.91. The second-order valence-corrected chi connectivity index (χ2v) is 5.15. The Hall–Kier alpha value is -1.87. The minimum absolute atomic E-state index is 0.446. The lowest BCUT2D eigenvalue weighted by Crippen LogP contribution is -2.10. The van der Waals surface area contributed by atoms with Crippen LogP contribution in [0.5, 0.6) is 17.2 Å². The van der Waals surface area contributed by atoms with E-state index in [4.69, 9.17) is 25.8 Å². The van der Waals surface area contributed by atoms with Crippen LogP contribution < -0.4 is 14.2 Å². The molecule has 21 heavy (non-hydrogen) atoms. The first-order valence-corrected chi connectivity index (χ1v) is 7.15. The van der Waals surface area contributed by atoms with Crippen molar-refractivity contribution in [1.29, 1.82) is 0 Å². The van der Waals surface area contributed by atoms with Gasteiger partial charge in [0.05, 0.1) is 7.11 Å². The lowest BCUT2D eigenvalue weighted by molar-refractivity contribution is 0.210. The minimum Gasteiger partial charge on any atom is -0.493 e. The summed E-state index contributed by atoms with van der Waals surface area (Å²) in [6.07, 6.45) is 0. The van der Waals surface area contributed by atoms with Crippen molar-refractivity contribution in [3.05, 3.63) is 52.5 Å². The van der Waals surface area contributed by atoms with Crippen LogP contribution in [0.1, 0.15) is 11.1 Å². The highest BCUT2D eigenvalue weighted by atomic mass is 35.5. The van der Waals surface area contributed by atoms with Crippen LogP contribution in [0.15, 0.2) is 36.4 Å². The molecule has 0 aromatic heterocycles. The predicted molar refractivity (Wildman–Crippen MR) is 84.9 cm³/mol. The first kappa shape index (κ1) is 15.5. The normalized spacial score (nSPS) is 10.3. The molecule has 0 bridgehead atoms. The fourth-order valence-corrected chi connectivity index (χ4v) is 2.49. The van der Waals surface area contributed by atoms with Crippen molar-refractivity contribution in [2.75, 3.05) is 20.3 Å². The number of benzene rings is 2. The van der Waals surface area contributed by atoms with Crippen LogP contribution in [-0.4, -0.2) is 20.3 Å². The van der Waals surface area contributed by atoms with E-state index in [1.165, 1.54) is 0 Å². The van der Waals surface area contributed by atoms with Crippen LogP contribution in [-0.2, 0) is 0 Å². The Morgan fingerprint density at radius 1 is 0.905 bits per heavy atom. The van der Waals surface area contributed by atoms with Gasteiger partial charge in [-0.05, 0) is 49.2 Å². The quantitative estimate of drug-likeness (QED) is 0.739. The van der Waals surface area contributed by atoms with Gasteiger partial charge in [0.1, 0.15) is 19.0 Å². The van der Waals surface area contributed by atoms with Crippen molar-refractivity contribution in [2.24, 2.45) is 0 Å². The summed E-state index contributed by atoms with van der Waals surface area (Å²) in [7, 11) is 1.62. The zero-order chi connectivity index (χ0) is 15.2. The highest BCUT2D eigenvalue weighted by Crippen LogP contribution is 2.28. The number of hydrogen-bond donors (Lipinski definition) is 0. The molecule has 0 unspecified atom stereocenters. The Kier molecular flexibility index (Phi) is 5.34. The molecule has 0 saturated carbocycles. The van der Waals surface area contributed by atoms with Gasteiger partial charge in [0.25, 0.3) is 0 Å². The molecule has 0 aliphatic heterocycles. The average Bonchev–Trinajstić information content (AvgIpc) is 2.45. The number of aryl methyl sites for hydroxylation is 2. The minimum atomic E-state index is 0.446. The zero-order valence-electron chi connectivity index (χ0n) is 12.5. The SMILES string of the molecule is COc1ccccc1OCCOc1c(C)cc(Cl)cc1C. The number of hydrogen-bond acceptors (Lipinski definition) is 3. The molecule has 0 atom stereocenters. The van der Waals surface area contributed by atoms with Crippen molar-refractivity contribution in [3.63, 3.8) is 0 Å². The Morgan fingerprint density at radius 2 is 1.48 bits per heavy atom. The first-order valence-electron chi connectivity index (χ1n) is 6.77. The van der Waals surface area contributed by atoms with Crippen LogP contribution in [0.2, 0.25) is 5.02 Å². The van der Waals surface area contributed by atoms with Gasteiger partial charge in [-0.25, -0.2) is 0 Å². The number of methoxy groups -OCH3 is 1. The lowest BCUT2D eigenvalue weighted by atomic mass is 10.1. The molecule has 2 aromatic rings. The molecule has 0 spiro atoms. The molecule has 4 heteroatoms. The van der Waals surface area contributed by atoms with Crippen LogP contribution in [0.4, 0.5) is 0 Å². The highest BCUT2D eigenvalue weighted by molar-refractivity contribution is 6.30. The van der Waals surface area contributed by atoms with Gasteiger partial charge in [-0.3, -0.25) is 0 Å². The van der Waals surface area contributed by atoms with Gasteiger partial charge >= 0.3 is 0 Å². The predicted octanol–water partition coefficient (Wildman–Crippen LogP) is 4.42. The second kappa shape index (κ2) is 7.23.